The second kappa shape index (κ2) is 12.6. The van der Waals surface area contributed by atoms with Gasteiger partial charge in [-0.3, -0.25) is 0 Å². The van der Waals surface area contributed by atoms with Gasteiger partial charge in [0.25, 0.3) is 0 Å². The lowest BCUT2D eigenvalue weighted by Gasteiger charge is -2.39. The van der Waals surface area contributed by atoms with Crippen LogP contribution in [0.3, 0.4) is 0 Å². The van der Waals surface area contributed by atoms with E-state index in [0.29, 0.717) is 30.1 Å². The minimum Gasteiger partial charge on any atom is -0.453 e. The van der Waals surface area contributed by atoms with E-state index in [-0.39, 0.29) is 24.1 Å². The number of ether oxygens (including phenoxy) is 2. The second-order valence-corrected chi connectivity index (χ2v) is 12.9. The average molecular weight is 561 g/mol. The number of carbonyl (C=O) groups excluding carboxylic acids is 2. The van der Waals surface area contributed by atoms with E-state index in [2.05, 4.69) is 20.7 Å². The van der Waals surface area contributed by atoms with Gasteiger partial charge in [0.15, 0.2) is 0 Å². The normalized spacial score (nSPS) is 30.7. The van der Waals surface area contributed by atoms with Crippen molar-refractivity contribution in [2.24, 2.45) is 29.1 Å². The van der Waals surface area contributed by atoms with Crippen LogP contribution in [0.1, 0.15) is 63.0 Å². The summed E-state index contributed by atoms with van der Waals surface area (Å²) in [6, 6.07) is 7.92. The van der Waals surface area contributed by atoms with Crippen LogP contribution < -0.4 is 16.0 Å². The molecule has 3 amide bonds. The first-order valence-corrected chi connectivity index (χ1v) is 15.2. The molecule has 4 bridgehead atoms. The van der Waals surface area contributed by atoms with Crippen LogP contribution in [0, 0.1) is 29.1 Å². The number of urea groups is 1. The van der Waals surface area contributed by atoms with E-state index in [1.165, 1.54) is 39.2 Å². The Balaban J connectivity index is 1.22. The van der Waals surface area contributed by atoms with Crippen LogP contribution in [-0.2, 0) is 9.47 Å². The lowest BCUT2D eigenvalue weighted by molar-refractivity contribution is -0.00871. The van der Waals surface area contributed by atoms with Crippen molar-refractivity contribution in [1.29, 1.82) is 0 Å². The van der Waals surface area contributed by atoms with Crippen molar-refractivity contribution in [1.82, 2.24) is 20.9 Å². The molecule has 6 rings (SSSR count). The number of benzene rings is 1. The second-order valence-electron chi connectivity index (χ2n) is 12.4. The number of carbonyl (C=O) groups is 2. The summed E-state index contributed by atoms with van der Waals surface area (Å²) < 4.78 is 11.0. The fourth-order valence-electron chi connectivity index (χ4n) is 8.52. The molecule has 0 radical (unpaired) electrons. The SMILES string of the molecule is CNCC(CC12CC3CC(CC1C3)C2)NC(=O)N1CCCC(C(OCCNC(=O)OC)c2cccc(Cl)c2)C1. The summed E-state index contributed by atoms with van der Waals surface area (Å²) in [6.45, 7) is 2.85. The number of piperidine rings is 1. The molecular weight excluding hydrogens is 516 g/mol. The summed E-state index contributed by atoms with van der Waals surface area (Å²) in [5.41, 5.74) is 1.43. The van der Waals surface area contributed by atoms with Crippen LogP contribution in [-0.4, -0.2) is 70.0 Å². The lowest BCUT2D eigenvalue weighted by Crippen LogP contribution is -2.52. The van der Waals surface area contributed by atoms with Crippen LogP contribution in [0.25, 0.3) is 0 Å². The number of methoxy groups -OCH3 is 1. The van der Waals surface area contributed by atoms with Crippen LogP contribution in [0.15, 0.2) is 24.3 Å². The molecule has 1 aromatic rings. The van der Waals surface area contributed by atoms with E-state index in [1.807, 2.05) is 36.2 Å². The van der Waals surface area contributed by atoms with Crippen LogP contribution in [0.2, 0.25) is 5.02 Å². The molecule has 9 heteroatoms. The molecule has 216 valence electrons. The summed E-state index contributed by atoms with van der Waals surface area (Å²) in [6.07, 6.45) is 9.24. The van der Waals surface area contributed by atoms with Crippen molar-refractivity contribution >= 4 is 23.7 Å². The van der Waals surface area contributed by atoms with Crippen molar-refractivity contribution in [3.63, 3.8) is 0 Å². The van der Waals surface area contributed by atoms with E-state index >= 15 is 0 Å². The van der Waals surface area contributed by atoms with Gasteiger partial charge in [-0.1, -0.05) is 23.7 Å². The van der Waals surface area contributed by atoms with E-state index < -0.39 is 6.09 Å². The Bertz CT molecular complexity index is 995. The predicted octanol–water partition coefficient (Wildman–Crippen LogP) is 4.98. The molecule has 5 aliphatic rings. The van der Waals surface area contributed by atoms with Gasteiger partial charge in [-0.15, -0.1) is 0 Å². The molecule has 1 saturated heterocycles. The zero-order valence-electron chi connectivity index (χ0n) is 23.4. The molecule has 8 nitrogen and oxygen atoms in total. The van der Waals surface area contributed by atoms with Crippen molar-refractivity contribution in [3.05, 3.63) is 34.9 Å². The third-order valence-corrected chi connectivity index (χ3v) is 10.0. The Hall–Kier alpha value is -2.03. The van der Waals surface area contributed by atoms with Crippen LogP contribution >= 0.6 is 11.6 Å². The van der Waals surface area contributed by atoms with Gasteiger partial charge in [0.2, 0.25) is 0 Å². The van der Waals surface area contributed by atoms with Crippen molar-refractivity contribution in [3.8, 4) is 0 Å². The number of nitrogens with zero attached hydrogens (tertiary/aromatic N) is 1. The zero-order valence-corrected chi connectivity index (χ0v) is 24.2. The summed E-state index contributed by atoms with van der Waals surface area (Å²) in [5, 5.41) is 10.1. The molecule has 4 aliphatic carbocycles. The highest BCUT2D eigenvalue weighted by Crippen LogP contribution is 2.67. The van der Waals surface area contributed by atoms with Crippen LogP contribution in [0.5, 0.6) is 0 Å². The molecule has 3 N–H and O–H groups in total. The monoisotopic (exact) mass is 560 g/mol. The minimum absolute atomic E-state index is 0.0336. The smallest absolute Gasteiger partial charge is 0.406 e. The van der Waals surface area contributed by atoms with E-state index in [0.717, 1.165) is 55.7 Å². The largest absolute Gasteiger partial charge is 0.453 e. The van der Waals surface area contributed by atoms with Gasteiger partial charge in [0.05, 0.1) is 19.8 Å². The van der Waals surface area contributed by atoms with E-state index in [4.69, 9.17) is 16.3 Å². The van der Waals surface area contributed by atoms with Gasteiger partial charge in [-0.2, -0.15) is 0 Å². The third-order valence-electron chi connectivity index (χ3n) is 9.79. The number of amides is 3. The number of hydrogen-bond acceptors (Lipinski definition) is 5. The molecule has 4 saturated carbocycles. The molecule has 0 aromatic heterocycles. The van der Waals surface area contributed by atoms with E-state index in [9.17, 15) is 9.59 Å². The Morgan fingerprint density at radius 1 is 1.21 bits per heavy atom. The maximum atomic E-state index is 13.6. The highest BCUT2D eigenvalue weighted by Gasteiger charge is 2.57. The Labute approximate surface area is 237 Å². The zero-order chi connectivity index (χ0) is 27.4. The molecule has 0 spiro atoms. The Morgan fingerprint density at radius 3 is 2.72 bits per heavy atom. The summed E-state index contributed by atoms with van der Waals surface area (Å²) in [4.78, 5) is 27.0. The predicted molar refractivity (Wildman–Crippen MR) is 152 cm³/mol. The minimum atomic E-state index is -0.479. The highest BCUT2D eigenvalue weighted by atomic mass is 35.5. The van der Waals surface area contributed by atoms with Gasteiger partial charge in [-0.05, 0) is 99.3 Å². The fraction of sp³-hybridized carbons (Fsp3) is 0.733. The molecule has 1 aromatic carbocycles. The molecule has 1 aliphatic heterocycles. The van der Waals surface area contributed by atoms with Gasteiger partial charge < -0.3 is 30.3 Å². The van der Waals surface area contributed by atoms with Gasteiger partial charge in [-0.25, -0.2) is 9.59 Å². The average Bonchev–Trinajstić information content (AvgIpc) is 3.30. The topological polar surface area (TPSA) is 91.9 Å². The van der Waals surface area contributed by atoms with E-state index in [1.54, 1.807) is 0 Å². The maximum Gasteiger partial charge on any atom is 0.406 e. The highest BCUT2D eigenvalue weighted by molar-refractivity contribution is 6.30. The van der Waals surface area contributed by atoms with Gasteiger partial charge in [0.1, 0.15) is 0 Å². The number of hydrogen-bond donors (Lipinski definition) is 3. The molecule has 5 atom stereocenters. The third kappa shape index (κ3) is 6.66. The first-order chi connectivity index (χ1) is 18.9. The van der Waals surface area contributed by atoms with Gasteiger partial charge in [0, 0.05) is 43.2 Å². The number of halogens is 1. The maximum absolute atomic E-state index is 13.6. The fourth-order valence-corrected chi connectivity index (χ4v) is 8.71. The molecular formula is C30H45ClN4O4. The number of likely N-dealkylation sites (tertiary alicyclic amines) is 1. The standard InChI is InChI=1S/C30H45ClN4O4/c1-32-18-26(17-30-15-20-11-21(16-30)13-24(30)12-20)34-28(36)35-9-4-6-23(19-35)27(22-5-3-7-25(31)14-22)39-10-8-33-29(37)38-2/h3,5,7,14,20-21,23-24,26-27,32H,4,6,8-13,15-19H2,1-2H3,(H,33,37)(H,34,36). The first-order valence-electron chi connectivity index (χ1n) is 14.8. The van der Waals surface area contributed by atoms with Crippen molar-refractivity contribution < 1.29 is 19.1 Å². The number of nitrogens with one attached hydrogen (secondary N) is 3. The number of alkyl carbamates (subject to hydrolysis) is 1. The Morgan fingerprint density at radius 2 is 2.00 bits per heavy atom. The quantitative estimate of drug-likeness (QED) is 0.332. The number of rotatable bonds is 11. The molecule has 5 fully saturated rings. The van der Waals surface area contributed by atoms with Crippen molar-refractivity contribution in [2.75, 3.05) is 46.9 Å². The lowest BCUT2D eigenvalue weighted by atomic mass is 9.72. The molecule has 5 unspecified atom stereocenters. The molecule has 1 heterocycles. The summed E-state index contributed by atoms with van der Waals surface area (Å²) in [7, 11) is 3.32. The van der Waals surface area contributed by atoms with Crippen LogP contribution in [0.4, 0.5) is 9.59 Å². The Kier molecular flexibility index (Phi) is 9.24. The summed E-state index contributed by atoms with van der Waals surface area (Å²) >= 11 is 6.33. The number of likely N-dealkylation sites (N-methyl/N-ethyl adjacent to an activating group) is 1. The summed E-state index contributed by atoms with van der Waals surface area (Å²) in [5.74, 6) is 2.83. The van der Waals surface area contributed by atoms with Gasteiger partial charge >= 0.3 is 12.1 Å². The van der Waals surface area contributed by atoms with Crippen molar-refractivity contribution in [2.45, 2.75) is 63.5 Å². The first kappa shape index (κ1) is 28.5. The molecule has 39 heavy (non-hydrogen) atoms.